The van der Waals surface area contributed by atoms with Crippen molar-refractivity contribution in [2.24, 2.45) is 0 Å². The van der Waals surface area contributed by atoms with Gasteiger partial charge in [0.2, 0.25) is 5.91 Å². The van der Waals surface area contributed by atoms with Crippen molar-refractivity contribution in [1.82, 2.24) is 19.6 Å². The number of anilines is 1. The molecule has 25 heavy (non-hydrogen) atoms. The molecule has 0 aliphatic carbocycles. The summed E-state index contributed by atoms with van der Waals surface area (Å²) in [6, 6.07) is 7.62. The van der Waals surface area contributed by atoms with Gasteiger partial charge in [0, 0.05) is 6.07 Å². The van der Waals surface area contributed by atoms with Crippen molar-refractivity contribution in [3.05, 3.63) is 58.3 Å². The molecule has 2 heterocycles. The SMILES string of the molecule is Cc1cc(NC(=O)Cn2nc(C)c(Cl)c2C)n(-c2ccc(F)cc2)n1. The summed E-state index contributed by atoms with van der Waals surface area (Å²) in [5.41, 5.74) is 2.80. The normalized spacial score (nSPS) is 10.9. The number of hydrogen-bond acceptors (Lipinski definition) is 3. The zero-order valence-electron chi connectivity index (χ0n) is 14.0. The molecule has 0 aliphatic rings. The molecular weight excluding hydrogens is 345 g/mol. The summed E-state index contributed by atoms with van der Waals surface area (Å²) in [5.74, 6) is -0.0908. The summed E-state index contributed by atoms with van der Waals surface area (Å²) >= 11 is 6.10. The molecule has 6 nitrogen and oxygen atoms in total. The molecule has 2 aromatic heterocycles. The van der Waals surface area contributed by atoms with Gasteiger partial charge < -0.3 is 5.32 Å². The molecule has 1 N–H and O–H groups in total. The molecule has 3 aromatic rings. The van der Waals surface area contributed by atoms with Crippen molar-refractivity contribution < 1.29 is 9.18 Å². The maximum absolute atomic E-state index is 13.1. The largest absolute Gasteiger partial charge is 0.309 e. The highest BCUT2D eigenvalue weighted by Gasteiger charge is 2.15. The minimum Gasteiger partial charge on any atom is -0.309 e. The van der Waals surface area contributed by atoms with Gasteiger partial charge >= 0.3 is 0 Å². The van der Waals surface area contributed by atoms with Crippen LogP contribution in [0.1, 0.15) is 17.1 Å². The summed E-state index contributed by atoms with van der Waals surface area (Å²) in [7, 11) is 0. The zero-order valence-corrected chi connectivity index (χ0v) is 14.8. The maximum atomic E-state index is 13.1. The van der Waals surface area contributed by atoms with Crippen LogP contribution in [0.5, 0.6) is 0 Å². The van der Waals surface area contributed by atoms with Gasteiger partial charge in [-0.3, -0.25) is 9.48 Å². The number of nitrogens with one attached hydrogen (secondary N) is 1. The van der Waals surface area contributed by atoms with E-state index in [1.165, 1.54) is 12.1 Å². The van der Waals surface area contributed by atoms with Gasteiger partial charge in [0.25, 0.3) is 0 Å². The first-order valence-electron chi connectivity index (χ1n) is 7.67. The fourth-order valence-corrected chi connectivity index (χ4v) is 2.65. The Morgan fingerprint density at radius 2 is 1.88 bits per heavy atom. The Balaban J connectivity index is 1.82. The minimum atomic E-state index is -0.334. The van der Waals surface area contributed by atoms with Gasteiger partial charge in [-0.1, -0.05) is 11.6 Å². The first-order valence-corrected chi connectivity index (χ1v) is 8.05. The Morgan fingerprint density at radius 1 is 1.20 bits per heavy atom. The molecule has 0 radical (unpaired) electrons. The molecule has 0 saturated heterocycles. The van der Waals surface area contributed by atoms with Crippen LogP contribution in [0.15, 0.2) is 30.3 Å². The molecule has 0 aliphatic heterocycles. The van der Waals surface area contributed by atoms with E-state index in [1.807, 2.05) is 13.8 Å². The summed E-state index contributed by atoms with van der Waals surface area (Å²) in [5, 5.41) is 12.0. The fraction of sp³-hybridized carbons (Fsp3) is 0.235. The third-order valence-electron chi connectivity index (χ3n) is 3.76. The molecule has 0 fully saturated rings. The van der Waals surface area contributed by atoms with Gasteiger partial charge in [0.05, 0.1) is 27.8 Å². The molecule has 0 atom stereocenters. The Bertz CT molecular complexity index is 929. The Morgan fingerprint density at radius 3 is 2.48 bits per heavy atom. The maximum Gasteiger partial charge on any atom is 0.247 e. The van der Waals surface area contributed by atoms with Crippen LogP contribution in [0.2, 0.25) is 5.02 Å². The summed E-state index contributed by atoms with van der Waals surface area (Å²) < 4.78 is 16.2. The van der Waals surface area contributed by atoms with Crippen LogP contribution in [0.4, 0.5) is 10.2 Å². The Hall–Kier alpha value is -2.67. The van der Waals surface area contributed by atoms with Gasteiger partial charge in [-0.25, -0.2) is 9.07 Å². The number of carbonyl (C=O) groups is 1. The predicted octanol–water partition coefficient (Wildman–Crippen LogP) is 3.43. The van der Waals surface area contributed by atoms with Crippen molar-refractivity contribution >= 4 is 23.3 Å². The van der Waals surface area contributed by atoms with Crippen LogP contribution in [0.25, 0.3) is 5.69 Å². The second kappa shape index (κ2) is 6.68. The molecule has 0 saturated carbocycles. The van der Waals surface area contributed by atoms with Gasteiger partial charge in [-0.05, 0) is 45.0 Å². The predicted molar refractivity (Wildman–Crippen MR) is 93.6 cm³/mol. The lowest BCUT2D eigenvalue weighted by Gasteiger charge is -2.09. The Labute approximate surface area is 149 Å². The lowest BCUT2D eigenvalue weighted by molar-refractivity contribution is -0.117. The quantitative estimate of drug-likeness (QED) is 0.774. The van der Waals surface area contributed by atoms with Crippen molar-refractivity contribution in [3.63, 3.8) is 0 Å². The van der Waals surface area contributed by atoms with Crippen molar-refractivity contribution in [2.75, 3.05) is 5.32 Å². The van der Waals surface area contributed by atoms with E-state index in [0.717, 1.165) is 11.4 Å². The van der Waals surface area contributed by atoms with Crippen LogP contribution in [0.3, 0.4) is 0 Å². The van der Waals surface area contributed by atoms with Gasteiger partial charge in [-0.15, -0.1) is 0 Å². The fourth-order valence-electron chi connectivity index (χ4n) is 2.52. The monoisotopic (exact) mass is 361 g/mol. The van der Waals surface area contributed by atoms with E-state index in [2.05, 4.69) is 15.5 Å². The van der Waals surface area contributed by atoms with Gasteiger partial charge in [0.1, 0.15) is 18.2 Å². The minimum absolute atomic E-state index is 0.0348. The van der Waals surface area contributed by atoms with Gasteiger partial charge in [0.15, 0.2) is 0 Å². The van der Waals surface area contributed by atoms with E-state index in [9.17, 15) is 9.18 Å². The second-order valence-electron chi connectivity index (χ2n) is 5.75. The smallest absolute Gasteiger partial charge is 0.247 e. The average Bonchev–Trinajstić information content (AvgIpc) is 3.03. The number of amides is 1. The van der Waals surface area contributed by atoms with Crippen molar-refractivity contribution in [2.45, 2.75) is 27.3 Å². The number of carbonyl (C=O) groups excluding carboxylic acids is 1. The third-order valence-corrected chi connectivity index (χ3v) is 4.30. The molecule has 0 unspecified atom stereocenters. The molecule has 130 valence electrons. The molecule has 0 spiro atoms. The lowest BCUT2D eigenvalue weighted by Crippen LogP contribution is -2.21. The summed E-state index contributed by atoms with van der Waals surface area (Å²) in [6.45, 7) is 5.45. The van der Waals surface area contributed by atoms with Crippen LogP contribution in [0, 0.1) is 26.6 Å². The number of hydrogen-bond donors (Lipinski definition) is 1. The van der Waals surface area contributed by atoms with E-state index < -0.39 is 0 Å². The van der Waals surface area contributed by atoms with E-state index >= 15 is 0 Å². The first kappa shape index (κ1) is 17.2. The summed E-state index contributed by atoms with van der Waals surface area (Å²) in [6.07, 6.45) is 0. The third kappa shape index (κ3) is 3.56. The lowest BCUT2D eigenvalue weighted by atomic mass is 10.3. The highest BCUT2D eigenvalue weighted by molar-refractivity contribution is 6.31. The van der Waals surface area contributed by atoms with Crippen molar-refractivity contribution in [3.8, 4) is 5.69 Å². The molecule has 1 amide bonds. The number of nitrogens with zero attached hydrogens (tertiary/aromatic N) is 4. The first-order chi connectivity index (χ1) is 11.8. The molecule has 3 rings (SSSR count). The Kier molecular flexibility index (Phi) is 4.59. The highest BCUT2D eigenvalue weighted by atomic mass is 35.5. The van der Waals surface area contributed by atoms with E-state index in [-0.39, 0.29) is 18.3 Å². The van der Waals surface area contributed by atoms with Crippen LogP contribution in [-0.4, -0.2) is 25.5 Å². The topological polar surface area (TPSA) is 64.7 Å². The molecule has 0 bridgehead atoms. The van der Waals surface area contributed by atoms with Crippen molar-refractivity contribution in [1.29, 1.82) is 0 Å². The van der Waals surface area contributed by atoms with Gasteiger partial charge in [-0.2, -0.15) is 10.2 Å². The van der Waals surface area contributed by atoms with E-state index in [0.29, 0.717) is 22.2 Å². The van der Waals surface area contributed by atoms with Crippen LogP contribution < -0.4 is 5.32 Å². The average molecular weight is 362 g/mol. The standard InChI is InChI=1S/C17H17ClFN5O/c1-10-8-15(24(21-10)14-6-4-13(19)5-7-14)20-16(25)9-23-12(3)17(18)11(2)22-23/h4-8H,9H2,1-3H3,(H,20,25). The molecular formula is C17H17ClFN5O. The second-order valence-corrected chi connectivity index (χ2v) is 6.13. The van der Waals surface area contributed by atoms with Crippen LogP contribution in [-0.2, 0) is 11.3 Å². The van der Waals surface area contributed by atoms with Crippen LogP contribution >= 0.6 is 11.6 Å². The summed E-state index contributed by atoms with van der Waals surface area (Å²) in [4.78, 5) is 12.4. The molecule has 1 aromatic carbocycles. The number of benzene rings is 1. The van der Waals surface area contributed by atoms with E-state index in [1.54, 1.807) is 34.5 Å². The number of rotatable bonds is 4. The zero-order chi connectivity index (χ0) is 18.1. The number of halogens is 2. The van der Waals surface area contributed by atoms with E-state index in [4.69, 9.17) is 11.6 Å². The number of aryl methyl sites for hydroxylation is 2. The number of aromatic nitrogens is 4. The highest BCUT2D eigenvalue weighted by Crippen LogP contribution is 2.20. The molecule has 8 heteroatoms.